The van der Waals surface area contributed by atoms with Crippen molar-refractivity contribution in [2.75, 3.05) is 24.5 Å². The van der Waals surface area contributed by atoms with Crippen molar-refractivity contribution in [2.45, 2.75) is 57.6 Å². The first-order chi connectivity index (χ1) is 10.7. The third-order valence-corrected chi connectivity index (χ3v) is 5.77. The van der Waals surface area contributed by atoms with Crippen LogP contribution in [0.15, 0.2) is 24.3 Å². The van der Waals surface area contributed by atoms with Crippen LogP contribution in [0.3, 0.4) is 0 Å². The number of rotatable bonds is 4. The van der Waals surface area contributed by atoms with Crippen LogP contribution < -0.4 is 10.2 Å². The van der Waals surface area contributed by atoms with Crippen molar-refractivity contribution >= 4 is 5.69 Å². The molecule has 0 aromatic heterocycles. The largest absolute Gasteiger partial charge is 0.389 e. The summed E-state index contributed by atoms with van der Waals surface area (Å²) < 4.78 is 0. The molecule has 3 heteroatoms. The standard InChI is InChI=1S/C19H30N2O/c1-3-21(4-2)16-10-8-15(9-11-16)18-17-7-5-6-12-19(17,22)13-14-20-18/h8-11,17-18,20,22H,3-7,12-14H2,1-2H3/t17-,18+,19+/m1/s1. The summed E-state index contributed by atoms with van der Waals surface area (Å²) in [6.07, 6.45) is 5.47. The molecule has 0 unspecified atom stereocenters. The molecule has 122 valence electrons. The Balaban J connectivity index is 1.80. The number of hydrogen-bond acceptors (Lipinski definition) is 3. The minimum atomic E-state index is -0.439. The van der Waals surface area contributed by atoms with E-state index in [9.17, 15) is 5.11 Å². The lowest BCUT2D eigenvalue weighted by molar-refractivity contribution is -0.0861. The normalized spacial score (nSPS) is 31.6. The number of hydrogen-bond donors (Lipinski definition) is 2. The van der Waals surface area contributed by atoms with Gasteiger partial charge in [-0.2, -0.15) is 0 Å². The van der Waals surface area contributed by atoms with E-state index in [4.69, 9.17) is 0 Å². The SMILES string of the molecule is CCN(CC)c1ccc([C@@H]2NCC[C@@]3(O)CCCC[C@H]23)cc1. The smallest absolute Gasteiger partial charge is 0.0706 e. The fourth-order valence-electron chi connectivity index (χ4n) is 4.45. The van der Waals surface area contributed by atoms with Gasteiger partial charge in [0.05, 0.1) is 5.60 Å². The van der Waals surface area contributed by atoms with E-state index < -0.39 is 5.60 Å². The Morgan fingerprint density at radius 2 is 1.86 bits per heavy atom. The van der Waals surface area contributed by atoms with Gasteiger partial charge in [0, 0.05) is 30.7 Å². The molecule has 1 aromatic rings. The van der Waals surface area contributed by atoms with E-state index in [1.807, 2.05) is 0 Å². The molecule has 0 bridgehead atoms. The van der Waals surface area contributed by atoms with Gasteiger partial charge in [0.15, 0.2) is 0 Å². The van der Waals surface area contributed by atoms with Gasteiger partial charge in [-0.3, -0.25) is 0 Å². The molecule has 2 aliphatic rings. The molecular weight excluding hydrogens is 272 g/mol. The van der Waals surface area contributed by atoms with Crippen LogP contribution in [-0.2, 0) is 0 Å². The summed E-state index contributed by atoms with van der Waals surface area (Å²) in [4.78, 5) is 2.37. The Kier molecular flexibility index (Phi) is 4.74. The van der Waals surface area contributed by atoms with Crippen molar-refractivity contribution in [1.82, 2.24) is 5.32 Å². The van der Waals surface area contributed by atoms with E-state index in [1.54, 1.807) is 0 Å². The average molecular weight is 302 g/mol. The van der Waals surface area contributed by atoms with Crippen molar-refractivity contribution in [3.8, 4) is 0 Å². The van der Waals surface area contributed by atoms with Gasteiger partial charge in [-0.25, -0.2) is 0 Å². The lowest BCUT2D eigenvalue weighted by Crippen LogP contribution is -2.53. The second kappa shape index (κ2) is 6.59. The molecule has 3 atom stereocenters. The summed E-state index contributed by atoms with van der Waals surface area (Å²) in [5, 5.41) is 14.7. The maximum absolute atomic E-state index is 11.0. The molecule has 22 heavy (non-hydrogen) atoms. The molecule has 2 fully saturated rings. The highest BCUT2D eigenvalue weighted by atomic mass is 16.3. The third-order valence-electron chi connectivity index (χ3n) is 5.77. The highest BCUT2D eigenvalue weighted by Crippen LogP contribution is 2.45. The molecule has 1 aliphatic carbocycles. The second-order valence-corrected chi connectivity index (χ2v) is 6.90. The van der Waals surface area contributed by atoms with Crippen LogP contribution in [0.4, 0.5) is 5.69 Å². The fraction of sp³-hybridized carbons (Fsp3) is 0.684. The van der Waals surface area contributed by atoms with Crippen LogP contribution in [0.1, 0.15) is 57.6 Å². The van der Waals surface area contributed by atoms with E-state index in [0.717, 1.165) is 38.9 Å². The monoisotopic (exact) mass is 302 g/mol. The lowest BCUT2D eigenvalue weighted by atomic mass is 9.67. The molecule has 1 aliphatic heterocycles. The second-order valence-electron chi connectivity index (χ2n) is 6.90. The van der Waals surface area contributed by atoms with Crippen LogP contribution in [0.25, 0.3) is 0 Å². The zero-order valence-electron chi connectivity index (χ0n) is 14.0. The molecule has 2 N–H and O–H groups in total. The summed E-state index contributed by atoms with van der Waals surface area (Å²) in [5.74, 6) is 0.370. The molecule has 3 nitrogen and oxygen atoms in total. The number of piperidine rings is 1. The summed E-state index contributed by atoms with van der Waals surface area (Å²) in [7, 11) is 0. The van der Waals surface area contributed by atoms with E-state index >= 15 is 0 Å². The maximum Gasteiger partial charge on any atom is 0.0706 e. The van der Waals surface area contributed by atoms with Gasteiger partial charge < -0.3 is 15.3 Å². The van der Waals surface area contributed by atoms with Gasteiger partial charge >= 0.3 is 0 Å². The van der Waals surface area contributed by atoms with Crippen LogP contribution in [0, 0.1) is 5.92 Å². The molecule has 3 rings (SSSR count). The van der Waals surface area contributed by atoms with Crippen molar-refractivity contribution < 1.29 is 5.11 Å². The quantitative estimate of drug-likeness (QED) is 0.893. The molecule has 1 saturated carbocycles. The van der Waals surface area contributed by atoms with E-state index in [0.29, 0.717) is 12.0 Å². The lowest BCUT2D eigenvalue weighted by Gasteiger charge is -2.48. The Bertz CT molecular complexity index is 479. The summed E-state index contributed by atoms with van der Waals surface area (Å²) >= 11 is 0. The van der Waals surface area contributed by atoms with Gasteiger partial charge in [-0.15, -0.1) is 0 Å². The molecule has 0 amide bonds. The van der Waals surface area contributed by atoms with E-state index in [-0.39, 0.29) is 0 Å². The van der Waals surface area contributed by atoms with Gasteiger partial charge in [0.25, 0.3) is 0 Å². The van der Waals surface area contributed by atoms with Gasteiger partial charge in [0.2, 0.25) is 0 Å². The maximum atomic E-state index is 11.0. The van der Waals surface area contributed by atoms with Crippen molar-refractivity contribution in [3.63, 3.8) is 0 Å². The zero-order valence-corrected chi connectivity index (χ0v) is 14.0. The highest BCUT2D eigenvalue weighted by Gasteiger charge is 2.45. The van der Waals surface area contributed by atoms with Gasteiger partial charge in [-0.1, -0.05) is 25.0 Å². The third kappa shape index (κ3) is 2.89. The van der Waals surface area contributed by atoms with Crippen LogP contribution in [0.2, 0.25) is 0 Å². The first kappa shape index (κ1) is 15.8. The predicted octanol–water partition coefficient (Wildman–Crippen LogP) is 3.49. The fourth-order valence-corrected chi connectivity index (χ4v) is 4.45. The number of aliphatic hydroxyl groups is 1. The van der Waals surface area contributed by atoms with Crippen molar-refractivity contribution in [1.29, 1.82) is 0 Å². The molecule has 1 saturated heterocycles. The van der Waals surface area contributed by atoms with Crippen LogP contribution in [-0.4, -0.2) is 30.3 Å². The molecular formula is C19H30N2O. The van der Waals surface area contributed by atoms with E-state index in [1.165, 1.54) is 24.1 Å². The molecule has 0 radical (unpaired) electrons. The highest BCUT2D eigenvalue weighted by molar-refractivity contribution is 5.48. The molecule has 1 aromatic carbocycles. The van der Waals surface area contributed by atoms with Gasteiger partial charge in [-0.05, 0) is 57.4 Å². The van der Waals surface area contributed by atoms with Crippen molar-refractivity contribution in [2.24, 2.45) is 5.92 Å². The average Bonchev–Trinajstić information content (AvgIpc) is 2.55. The Morgan fingerprint density at radius 1 is 1.14 bits per heavy atom. The minimum Gasteiger partial charge on any atom is -0.389 e. The summed E-state index contributed by atoms with van der Waals surface area (Å²) in [6.45, 7) is 7.40. The summed E-state index contributed by atoms with van der Waals surface area (Å²) in [5.41, 5.74) is 2.19. The predicted molar refractivity (Wildman–Crippen MR) is 92.3 cm³/mol. The summed E-state index contributed by atoms with van der Waals surface area (Å²) in [6, 6.07) is 9.29. The molecule has 1 heterocycles. The first-order valence-corrected chi connectivity index (χ1v) is 8.98. The number of nitrogens with zero attached hydrogens (tertiary/aromatic N) is 1. The zero-order chi connectivity index (χ0) is 15.6. The molecule has 0 spiro atoms. The van der Waals surface area contributed by atoms with E-state index in [2.05, 4.69) is 48.3 Å². The van der Waals surface area contributed by atoms with Crippen molar-refractivity contribution in [3.05, 3.63) is 29.8 Å². The number of fused-ring (bicyclic) bond motifs is 1. The Morgan fingerprint density at radius 3 is 2.55 bits per heavy atom. The van der Waals surface area contributed by atoms with Crippen LogP contribution >= 0.6 is 0 Å². The Labute approximate surface area is 134 Å². The van der Waals surface area contributed by atoms with Crippen LogP contribution in [0.5, 0.6) is 0 Å². The number of benzene rings is 1. The topological polar surface area (TPSA) is 35.5 Å². The first-order valence-electron chi connectivity index (χ1n) is 8.98. The number of anilines is 1. The number of nitrogens with one attached hydrogen (secondary N) is 1. The van der Waals surface area contributed by atoms with Gasteiger partial charge in [0.1, 0.15) is 0 Å². The minimum absolute atomic E-state index is 0.310. The Hall–Kier alpha value is -1.06.